The molecule has 3 rings (SSSR count). The number of benzene rings is 1. The Bertz CT molecular complexity index is 701. The molecule has 1 fully saturated rings. The number of pyridine rings is 1. The molecule has 0 spiro atoms. The number of hydrogen-bond acceptors (Lipinski definition) is 4. The molecule has 1 aromatic heterocycles. The number of carbonyl (C=O) groups excluding carboxylic acids is 1. The van der Waals surface area contributed by atoms with Crippen LogP contribution in [-0.4, -0.2) is 33.1 Å². The standard InChI is InChI=1S/C18H18N2O4/c21-17(22)16(14-7-4-10-19-11-14)20(15-8-9-15)18(23)24-12-13-5-2-1-3-6-13/h1-7,10-11,15-16H,8-9,12H2,(H,21,22). The van der Waals surface area contributed by atoms with E-state index in [-0.39, 0.29) is 12.6 Å². The first-order valence-corrected chi connectivity index (χ1v) is 7.78. The van der Waals surface area contributed by atoms with Gasteiger partial charge in [-0.2, -0.15) is 0 Å². The molecule has 6 heteroatoms. The normalized spacial score (nSPS) is 14.7. The second-order valence-electron chi connectivity index (χ2n) is 5.71. The van der Waals surface area contributed by atoms with Crippen molar-refractivity contribution in [1.29, 1.82) is 0 Å². The largest absolute Gasteiger partial charge is 0.479 e. The van der Waals surface area contributed by atoms with E-state index in [1.165, 1.54) is 11.1 Å². The summed E-state index contributed by atoms with van der Waals surface area (Å²) in [5, 5.41) is 9.63. The first-order valence-electron chi connectivity index (χ1n) is 7.78. The SMILES string of the molecule is O=C(O)C(c1cccnc1)N(C(=O)OCc1ccccc1)C1CC1. The van der Waals surface area contributed by atoms with E-state index in [9.17, 15) is 14.7 Å². The molecule has 0 bridgehead atoms. The minimum absolute atomic E-state index is 0.102. The van der Waals surface area contributed by atoms with Gasteiger partial charge in [0.2, 0.25) is 0 Å². The summed E-state index contributed by atoms with van der Waals surface area (Å²) in [7, 11) is 0. The molecule has 2 aromatic rings. The van der Waals surface area contributed by atoms with Gasteiger partial charge in [0.05, 0.1) is 0 Å². The van der Waals surface area contributed by atoms with Crippen molar-refractivity contribution in [3.05, 3.63) is 66.0 Å². The highest BCUT2D eigenvalue weighted by Gasteiger charge is 2.42. The molecular formula is C18H18N2O4. The Balaban J connectivity index is 1.77. The van der Waals surface area contributed by atoms with Crippen LogP contribution < -0.4 is 0 Å². The molecule has 1 atom stereocenters. The predicted octanol–water partition coefficient (Wildman–Crippen LogP) is 3.01. The predicted molar refractivity (Wildman–Crippen MR) is 86.1 cm³/mol. The Kier molecular flexibility index (Phi) is 4.74. The summed E-state index contributed by atoms with van der Waals surface area (Å²) >= 11 is 0. The van der Waals surface area contributed by atoms with Crippen LogP contribution in [0.25, 0.3) is 0 Å². The van der Waals surface area contributed by atoms with Gasteiger partial charge < -0.3 is 9.84 Å². The lowest BCUT2D eigenvalue weighted by Gasteiger charge is -2.28. The van der Waals surface area contributed by atoms with Gasteiger partial charge in [-0.1, -0.05) is 36.4 Å². The summed E-state index contributed by atoms with van der Waals surface area (Å²) in [6.45, 7) is 0.113. The number of hydrogen-bond donors (Lipinski definition) is 1. The van der Waals surface area contributed by atoms with Crippen LogP contribution in [0.3, 0.4) is 0 Å². The van der Waals surface area contributed by atoms with Crippen molar-refractivity contribution >= 4 is 12.1 Å². The molecule has 1 aliphatic rings. The third-order valence-electron chi connectivity index (χ3n) is 3.87. The highest BCUT2D eigenvalue weighted by Crippen LogP contribution is 2.35. The number of amides is 1. The molecule has 0 saturated heterocycles. The van der Waals surface area contributed by atoms with Crippen molar-refractivity contribution in [2.24, 2.45) is 0 Å². The van der Waals surface area contributed by atoms with Crippen LogP contribution in [0.4, 0.5) is 4.79 Å². The van der Waals surface area contributed by atoms with Crippen LogP contribution in [0.15, 0.2) is 54.9 Å². The van der Waals surface area contributed by atoms with Gasteiger partial charge in [0.1, 0.15) is 6.61 Å². The molecule has 24 heavy (non-hydrogen) atoms. The molecule has 1 N–H and O–H groups in total. The molecule has 1 heterocycles. The first-order chi connectivity index (χ1) is 11.7. The highest BCUT2D eigenvalue weighted by atomic mass is 16.6. The zero-order valence-electron chi connectivity index (χ0n) is 13.0. The molecule has 1 unspecified atom stereocenters. The van der Waals surface area contributed by atoms with Gasteiger partial charge in [-0.15, -0.1) is 0 Å². The summed E-state index contributed by atoms with van der Waals surface area (Å²) < 4.78 is 5.35. The minimum atomic E-state index is -1.09. The summed E-state index contributed by atoms with van der Waals surface area (Å²) in [5.41, 5.74) is 1.32. The quantitative estimate of drug-likeness (QED) is 0.882. The number of ether oxygens (including phenoxy) is 1. The smallest absolute Gasteiger partial charge is 0.411 e. The fourth-order valence-corrected chi connectivity index (χ4v) is 2.57. The number of carbonyl (C=O) groups is 2. The topological polar surface area (TPSA) is 79.7 Å². The van der Waals surface area contributed by atoms with Crippen molar-refractivity contribution in [2.75, 3.05) is 0 Å². The molecule has 0 radical (unpaired) electrons. The number of aliphatic carboxylic acids is 1. The molecule has 1 aromatic carbocycles. The van der Waals surface area contributed by atoms with Crippen LogP contribution in [0.1, 0.15) is 30.0 Å². The van der Waals surface area contributed by atoms with Crippen LogP contribution >= 0.6 is 0 Å². The lowest BCUT2D eigenvalue weighted by molar-refractivity contribution is -0.143. The molecule has 6 nitrogen and oxygen atoms in total. The lowest BCUT2D eigenvalue weighted by atomic mass is 10.1. The number of carboxylic acid groups (broad SMARTS) is 1. The monoisotopic (exact) mass is 326 g/mol. The van der Waals surface area contributed by atoms with Crippen molar-refractivity contribution in [2.45, 2.75) is 31.5 Å². The van der Waals surface area contributed by atoms with Gasteiger partial charge in [0.25, 0.3) is 0 Å². The van der Waals surface area contributed by atoms with Crippen molar-refractivity contribution in [3.8, 4) is 0 Å². The highest BCUT2D eigenvalue weighted by molar-refractivity contribution is 5.82. The number of carboxylic acids is 1. The molecule has 124 valence electrons. The van der Waals surface area contributed by atoms with E-state index >= 15 is 0 Å². The minimum Gasteiger partial charge on any atom is -0.479 e. The van der Waals surface area contributed by atoms with Crippen molar-refractivity contribution in [1.82, 2.24) is 9.88 Å². The van der Waals surface area contributed by atoms with Gasteiger partial charge in [0, 0.05) is 24.0 Å². The summed E-state index contributed by atoms with van der Waals surface area (Å²) in [5.74, 6) is -1.09. The molecule has 0 aliphatic heterocycles. The number of aromatic nitrogens is 1. The number of nitrogens with zero attached hydrogens (tertiary/aromatic N) is 2. The fourth-order valence-electron chi connectivity index (χ4n) is 2.57. The molecule has 1 amide bonds. The maximum absolute atomic E-state index is 12.5. The van der Waals surface area contributed by atoms with E-state index in [1.54, 1.807) is 18.3 Å². The second kappa shape index (κ2) is 7.12. The van der Waals surface area contributed by atoms with E-state index in [0.717, 1.165) is 18.4 Å². The van der Waals surface area contributed by atoms with Crippen molar-refractivity contribution in [3.63, 3.8) is 0 Å². The second-order valence-corrected chi connectivity index (χ2v) is 5.71. The van der Waals surface area contributed by atoms with Gasteiger partial charge in [-0.3, -0.25) is 9.88 Å². The van der Waals surface area contributed by atoms with E-state index in [0.29, 0.717) is 5.56 Å². The Morgan fingerprint density at radius 2 is 1.96 bits per heavy atom. The van der Waals surface area contributed by atoms with E-state index in [4.69, 9.17) is 4.74 Å². The van der Waals surface area contributed by atoms with E-state index in [2.05, 4.69) is 4.98 Å². The maximum Gasteiger partial charge on any atom is 0.411 e. The average Bonchev–Trinajstić information content (AvgIpc) is 3.43. The summed E-state index contributed by atoms with van der Waals surface area (Å²) in [6.07, 6.45) is 3.99. The molecular weight excluding hydrogens is 308 g/mol. The third-order valence-corrected chi connectivity index (χ3v) is 3.87. The number of rotatable bonds is 6. The average molecular weight is 326 g/mol. The lowest BCUT2D eigenvalue weighted by Crippen LogP contribution is -2.41. The maximum atomic E-state index is 12.5. The Morgan fingerprint density at radius 3 is 2.54 bits per heavy atom. The van der Waals surface area contributed by atoms with Gasteiger partial charge in [-0.25, -0.2) is 9.59 Å². The van der Waals surface area contributed by atoms with Crippen LogP contribution in [0, 0.1) is 0 Å². The van der Waals surface area contributed by atoms with Crippen LogP contribution in [0.2, 0.25) is 0 Å². The third kappa shape index (κ3) is 3.71. The zero-order chi connectivity index (χ0) is 16.9. The van der Waals surface area contributed by atoms with Gasteiger partial charge >= 0.3 is 12.1 Å². The van der Waals surface area contributed by atoms with Gasteiger partial charge in [0.15, 0.2) is 6.04 Å². The van der Waals surface area contributed by atoms with E-state index < -0.39 is 18.1 Å². The molecule has 1 aliphatic carbocycles. The van der Waals surface area contributed by atoms with Crippen LogP contribution in [0.5, 0.6) is 0 Å². The Hall–Kier alpha value is -2.89. The van der Waals surface area contributed by atoms with E-state index in [1.807, 2.05) is 30.3 Å². The Morgan fingerprint density at radius 1 is 1.21 bits per heavy atom. The zero-order valence-corrected chi connectivity index (χ0v) is 13.0. The Labute approximate surface area is 139 Å². The van der Waals surface area contributed by atoms with Gasteiger partial charge in [-0.05, 0) is 24.5 Å². The van der Waals surface area contributed by atoms with Crippen molar-refractivity contribution < 1.29 is 19.4 Å². The molecule has 1 saturated carbocycles. The summed E-state index contributed by atoms with van der Waals surface area (Å²) in [6, 6.07) is 11.4. The van der Waals surface area contributed by atoms with Crippen LogP contribution in [-0.2, 0) is 16.1 Å². The fraction of sp³-hybridized carbons (Fsp3) is 0.278. The summed E-state index contributed by atoms with van der Waals surface area (Å²) in [4.78, 5) is 29.6. The first kappa shape index (κ1) is 16.0.